The molecule has 0 spiro atoms. The van der Waals surface area contributed by atoms with Crippen molar-refractivity contribution in [2.45, 2.75) is 19.6 Å². The van der Waals surface area contributed by atoms with Crippen LogP contribution in [-0.4, -0.2) is 82.6 Å². The fourth-order valence-electron chi connectivity index (χ4n) is 3.18. The van der Waals surface area contributed by atoms with Gasteiger partial charge in [0.15, 0.2) is 5.82 Å². The second-order valence-electron chi connectivity index (χ2n) is 7.43. The van der Waals surface area contributed by atoms with E-state index in [-0.39, 0.29) is 0 Å². The highest BCUT2D eigenvalue weighted by atomic mass is 19.4. The summed E-state index contributed by atoms with van der Waals surface area (Å²) in [5.74, 6) is -0.146. The molecule has 0 radical (unpaired) electrons. The average molecular weight is 467 g/mol. The summed E-state index contributed by atoms with van der Waals surface area (Å²) >= 11 is 0. The van der Waals surface area contributed by atoms with E-state index in [1.165, 1.54) is 0 Å². The monoisotopic (exact) mass is 467 g/mol. The van der Waals surface area contributed by atoms with Gasteiger partial charge in [-0.2, -0.15) is 18.3 Å². The molecule has 14 heteroatoms. The highest BCUT2D eigenvalue weighted by Gasteiger charge is 2.38. The summed E-state index contributed by atoms with van der Waals surface area (Å²) in [6.45, 7) is 6.58. The third-order valence-corrected chi connectivity index (χ3v) is 5.07. The minimum absolute atomic E-state index is 0.755. The van der Waals surface area contributed by atoms with Crippen LogP contribution < -0.4 is 4.90 Å². The molecule has 178 valence electrons. The molecule has 11 nitrogen and oxygen atoms in total. The van der Waals surface area contributed by atoms with Gasteiger partial charge in [-0.3, -0.25) is 4.90 Å². The number of hydrogen-bond donors (Lipinski definition) is 1. The quantitative estimate of drug-likeness (QED) is 0.605. The molecular weight excluding hydrogens is 443 g/mol. The van der Waals surface area contributed by atoms with Crippen LogP contribution in [0, 0.1) is 6.92 Å². The van der Waals surface area contributed by atoms with E-state index in [9.17, 15) is 13.2 Å². The van der Waals surface area contributed by atoms with Gasteiger partial charge >= 0.3 is 12.1 Å². The number of carbonyl (C=O) groups is 1. The van der Waals surface area contributed by atoms with Crippen LogP contribution in [0.5, 0.6) is 0 Å². The maximum Gasteiger partial charge on any atom is 0.490 e. The predicted molar refractivity (Wildman–Crippen MR) is 111 cm³/mol. The van der Waals surface area contributed by atoms with Gasteiger partial charge in [0.2, 0.25) is 5.95 Å². The van der Waals surface area contributed by atoms with Crippen molar-refractivity contribution in [2.24, 2.45) is 14.1 Å². The van der Waals surface area contributed by atoms with Crippen molar-refractivity contribution in [3.63, 3.8) is 0 Å². The fraction of sp³-hybridized carbons (Fsp3) is 0.474. The lowest BCUT2D eigenvalue weighted by atomic mass is 10.2. The maximum atomic E-state index is 10.6. The molecular formula is C19H24F3N9O2. The highest BCUT2D eigenvalue weighted by Crippen LogP contribution is 2.21. The second-order valence-corrected chi connectivity index (χ2v) is 7.43. The topological polar surface area (TPSA) is 118 Å². The Hall–Kier alpha value is -3.55. The molecule has 0 unspecified atom stereocenters. The number of halogens is 3. The number of imidazole rings is 1. The van der Waals surface area contributed by atoms with E-state index in [4.69, 9.17) is 14.9 Å². The second kappa shape index (κ2) is 9.94. The molecule has 1 aliphatic heterocycles. The van der Waals surface area contributed by atoms with Crippen LogP contribution in [-0.2, 0) is 25.4 Å². The summed E-state index contributed by atoms with van der Waals surface area (Å²) in [5, 5.41) is 11.3. The number of aliphatic carboxylic acids is 1. The summed E-state index contributed by atoms with van der Waals surface area (Å²) in [7, 11) is 3.91. The van der Waals surface area contributed by atoms with Gasteiger partial charge in [0.25, 0.3) is 0 Å². The van der Waals surface area contributed by atoms with Crippen molar-refractivity contribution < 1.29 is 23.1 Å². The number of carboxylic acids is 1. The number of rotatable bonds is 4. The van der Waals surface area contributed by atoms with Crippen LogP contribution in [0.25, 0.3) is 11.5 Å². The molecule has 3 aromatic heterocycles. The third kappa shape index (κ3) is 6.03. The van der Waals surface area contributed by atoms with E-state index in [2.05, 4.69) is 34.4 Å². The Morgan fingerprint density at radius 1 is 1.12 bits per heavy atom. The zero-order valence-corrected chi connectivity index (χ0v) is 18.4. The van der Waals surface area contributed by atoms with Crippen molar-refractivity contribution in [2.75, 3.05) is 31.1 Å². The molecule has 3 aromatic rings. The molecule has 33 heavy (non-hydrogen) atoms. The molecule has 1 fully saturated rings. The normalized spacial score (nSPS) is 14.7. The number of hydrogen-bond acceptors (Lipinski definition) is 8. The van der Waals surface area contributed by atoms with Gasteiger partial charge in [-0.1, -0.05) is 0 Å². The van der Waals surface area contributed by atoms with E-state index in [0.29, 0.717) is 0 Å². The van der Waals surface area contributed by atoms with E-state index < -0.39 is 12.1 Å². The third-order valence-electron chi connectivity index (χ3n) is 5.07. The van der Waals surface area contributed by atoms with Crippen LogP contribution in [0.3, 0.4) is 0 Å². The molecule has 0 bridgehead atoms. The Balaban J connectivity index is 0.000000383. The summed E-state index contributed by atoms with van der Waals surface area (Å²) in [4.78, 5) is 31.6. The van der Waals surface area contributed by atoms with Crippen LogP contribution in [0.15, 0.2) is 24.9 Å². The maximum absolute atomic E-state index is 10.6. The summed E-state index contributed by atoms with van der Waals surface area (Å²) in [5.41, 5.74) is 1.84. The van der Waals surface area contributed by atoms with E-state index in [1.807, 2.05) is 39.6 Å². The number of aromatic nitrogens is 7. The summed E-state index contributed by atoms with van der Waals surface area (Å²) in [6.07, 6.45) is 2.17. The summed E-state index contributed by atoms with van der Waals surface area (Å²) in [6, 6.07) is 0. The van der Waals surface area contributed by atoms with Crippen LogP contribution in [0.4, 0.5) is 19.1 Å². The Morgan fingerprint density at radius 3 is 2.30 bits per heavy atom. The van der Waals surface area contributed by atoms with Gasteiger partial charge in [-0.15, -0.1) is 0 Å². The van der Waals surface area contributed by atoms with E-state index in [1.54, 1.807) is 11.0 Å². The number of nitrogens with zero attached hydrogens (tertiary/aromatic N) is 9. The molecule has 0 aliphatic carbocycles. The zero-order chi connectivity index (χ0) is 24.2. The van der Waals surface area contributed by atoms with Gasteiger partial charge in [-0.05, 0) is 12.5 Å². The molecule has 0 saturated carbocycles. The smallest absolute Gasteiger partial charge is 0.475 e. The SMILES string of the molecule is Cc1cnc(N2CCN(Cc3nccn3C)CC2)nc1-c1ncnn1C.O=C(O)C(F)(F)F. The van der Waals surface area contributed by atoms with Gasteiger partial charge in [0.05, 0.1) is 6.54 Å². The summed E-state index contributed by atoms with van der Waals surface area (Å²) < 4.78 is 35.5. The van der Waals surface area contributed by atoms with Crippen molar-refractivity contribution in [1.82, 2.24) is 39.2 Å². The van der Waals surface area contributed by atoms with E-state index in [0.717, 1.165) is 61.6 Å². The Kier molecular flexibility index (Phi) is 7.26. The molecule has 0 amide bonds. The minimum atomic E-state index is -5.08. The molecule has 1 aliphatic rings. The number of piperazine rings is 1. The highest BCUT2D eigenvalue weighted by molar-refractivity contribution is 5.73. The Bertz CT molecular complexity index is 1090. The molecule has 1 saturated heterocycles. The largest absolute Gasteiger partial charge is 0.490 e. The molecule has 0 atom stereocenters. The van der Waals surface area contributed by atoms with Crippen molar-refractivity contribution in [3.05, 3.63) is 36.3 Å². The van der Waals surface area contributed by atoms with Crippen LogP contribution in [0.2, 0.25) is 0 Å². The molecule has 1 N–H and O–H groups in total. The number of anilines is 1. The van der Waals surface area contributed by atoms with Gasteiger partial charge in [-0.25, -0.2) is 29.4 Å². The first-order valence-electron chi connectivity index (χ1n) is 9.98. The first kappa shape index (κ1) is 24.1. The van der Waals surface area contributed by atoms with Crippen molar-refractivity contribution >= 4 is 11.9 Å². The molecule has 0 aromatic carbocycles. The van der Waals surface area contributed by atoms with Crippen molar-refractivity contribution in [1.29, 1.82) is 0 Å². The van der Waals surface area contributed by atoms with Gasteiger partial charge < -0.3 is 14.6 Å². The number of carboxylic acid groups (broad SMARTS) is 1. The van der Waals surface area contributed by atoms with Crippen LogP contribution in [0.1, 0.15) is 11.4 Å². The predicted octanol–water partition coefficient (Wildman–Crippen LogP) is 1.27. The average Bonchev–Trinajstić information content (AvgIpc) is 3.37. The van der Waals surface area contributed by atoms with Crippen molar-refractivity contribution in [3.8, 4) is 11.5 Å². The van der Waals surface area contributed by atoms with E-state index >= 15 is 0 Å². The lowest BCUT2D eigenvalue weighted by Crippen LogP contribution is -2.46. The molecule has 4 rings (SSSR count). The first-order valence-corrected chi connectivity index (χ1v) is 9.98. The Labute approximate surface area is 187 Å². The lowest BCUT2D eigenvalue weighted by Gasteiger charge is -2.34. The molecule has 4 heterocycles. The van der Waals surface area contributed by atoms with Gasteiger partial charge in [0, 0.05) is 58.9 Å². The fourth-order valence-corrected chi connectivity index (χ4v) is 3.18. The first-order chi connectivity index (χ1) is 15.6. The Morgan fingerprint density at radius 2 is 1.79 bits per heavy atom. The minimum Gasteiger partial charge on any atom is -0.475 e. The van der Waals surface area contributed by atoms with Gasteiger partial charge in [0.1, 0.15) is 17.8 Å². The zero-order valence-electron chi connectivity index (χ0n) is 18.4. The number of alkyl halides is 3. The lowest BCUT2D eigenvalue weighted by molar-refractivity contribution is -0.192. The standard InChI is InChI=1S/C17H23N9.C2HF3O2/c1-13-10-19-17(22-15(13)16-20-12-21-24(16)3)26-8-6-25(7-9-26)11-14-18-4-5-23(14)2;3-2(4,5)1(6)7/h4-5,10,12H,6-9,11H2,1-3H3;(H,6,7). The number of aryl methyl sites for hydroxylation is 3. The van der Waals surface area contributed by atoms with Crippen LogP contribution >= 0.6 is 0 Å².